The third-order valence-corrected chi connectivity index (χ3v) is 2.16. The second-order valence-corrected chi connectivity index (χ2v) is 3.73. The summed E-state index contributed by atoms with van der Waals surface area (Å²) < 4.78 is 12.9. The molecule has 0 amide bonds. The maximum absolute atomic E-state index is 12.9. The highest BCUT2D eigenvalue weighted by Crippen LogP contribution is 2.27. The molecular weight excluding hydrogens is 211 g/mol. The monoisotopic (exact) mass is 224 g/mol. The van der Waals surface area contributed by atoms with Gasteiger partial charge in [-0.05, 0) is 25.5 Å². The Morgan fingerprint density at radius 1 is 1.69 bits per heavy atom. The summed E-state index contributed by atoms with van der Waals surface area (Å²) in [4.78, 5) is 10.1. The molecule has 0 bridgehead atoms. The van der Waals surface area contributed by atoms with Gasteiger partial charge >= 0.3 is 0 Å². The van der Waals surface area contributed by atoms with Crippen molar-refractivity contribution in [2.75, 3.05) is 0 Å². The standard InChI is InChI=1S/C11H13FN2O2/c1-7(2)5-10(13)9-4-3-8(12)6-11(9)14(15)16/h3-4,6,10H,1,5,13H2,2H3/t10-/m0/s1. The summed E-state index contributed by atoms with van der Waals surface area (Å²) in [5.74, 6) is -0.641. The summed E-state index contributed by atoms with van der Waals surface area (Å²) in [7, 11) is 0. The molecule has 0 heterocycles. The van der Waals surface area contributed by atoms with E-state index in [1.807, 2.05) is 0 Å². The lowest BCUT2D eigenvalue weighted by molar-refractivity contribution is -0.385. The van der Waals surface area contributed by atoms with Gasteiger partial charge in [0, 0.05) is 11.6 Å². The molecule has 4 nitrogen and oxygen atoms in total. The van der Waals surface area contributed by atoms with Gasteiger partial charge in [0.2, 0.25) is 0 Å². The van der Waals surface area contributed by atoms with E-state index < -0.39 is 16.8 Å². The lowest BCUT2D eigenvalue weighted by atomic mass is 9.99. The van der Waals surface area contributed by atoms with Crippen molar-refractivity contribution in [2.45, 2.75) is 19.4 Å². The molecule has 0 aliphatic heterocycles. The number of hydrogen-bond donors (Lipinski definition) is 1. The second kappa shape index (κ2) is 4.85. The van der Waals surface area contributed by atoms with Crippen LogP contribution in [0.2, 0.25) is 0 Å². The molecule has 0 saturated carbocycles. The quantitative estimate of drug-likeness (QED) is 0.485. The van der Waals surface area contributed by atoms with E-state index >= 15 is 0 Å². The molecule has 5 heteroatoms. The summed E-state index contributed by atoms with van der Waals surface area (Å²) in [6, 6.07) is 2.87. The van der Waals surface area contributed by atoms with Gasteiger partial charge in [-0.15, -0.1) is 6.58 Å². The van der Waals surface area contributed by atoms with Gasteiger partial charge in [-0.25, -0.2) is 4.39 Å². The van der Waals surface area contributed by atoms with Gasteiger partial charge in [-0.1, -0.05) is 5.57 Å². The average Bonchev–Trinajstić information content (AvgIpc) is 2.16. The summed E-state index contributed by atoms with van der Waals surface area (Å²) >= 11 is 0. The van der Waals surface area contributed by atoms with Crippen molar-refractivity contribution in [1.29, 1.82) is 0 Å². The maximum Gasteiger partial charge on any atom is 0.277 e. The Bertz CT molecular complexity index is 432. The fourth-order valence-electron chi connectivity index (χ4n) is 1.47. The molecular formula is C11H13FN2O2. The zero-order chi connectivity index (χ0) is 12.3. The van der Waals surface area contributed by atoms with Gasteiger partial charge in [0.25, 0.3) is 5.69 Å². The molecule has 1 aromatic rings. The molecule has 0 saturated heterocycles. The van der Waals surface area contributed by atoms with Gasteiger partial charge in [0.1, 0.15) is 5.82 Å². The predicted molar refractivity (Wildman–Crippen MR) is 59.4 cm³/mol. The normalized spacial score (nSPS) is 12.2. The predicted octanol–water partition coefficient (Wildman–Crippen LogP) is 2.70. The van der Waals surface area contributed by atoms with E-state index in [0.717, 1.165) is 11.6 Å². The summed E-state index contributed by atoms with van der Waals surface area (Å²) in [6.07, 6.45) is 0.437. The highest BCUT2D eigenvalue weighted by atomic mass is 19.1. The highest BCUT2D eigenvalue weighted by molar-refractivity contribution is 5.42. The third-order valence-electron chi connectivity index (χ3n) is 2.16. The van der Waals surface area contributed by atoms with E-state index in [2.05, 4.69) is 6.58 Å². The Morgan fingerprint density at radius 2 is 2.31 bits per heavy atom. The van der Waals surface area contributed by atoms with Crippen molar-refractivity contribution < 1.29 is 9.31 Å². The summed E-state index contributed by atoms with van der Waals surface area (Å²) in [5, 5.41) is 10.7. The molecule has 0 spiro atoms. The molecule has 86 valence electrons. The number of nitrogens with zero attached hydrogens (tertiary/aromatic N) is 1. The lowest BCUT2D eigenvalue weighted by Crippen LogP contribution is -2.12. The number of nitrogens with two attached hydrogens (primary N) is 1. The molecule has 1 rings (SSSR count). The van der Waals surface area contributed by atoms with E-state index in [1.54, 1.807) is 6.92 Å². The van der Waals surface area contributed by atoms with E-state index in [1.165, 1.54) is 12.1 Å². The van der Waals surface area contributed by atoms with Crippen LogP contribution in [-0.4, -0.2) is 4.92 Å². The van der Waals surface area contributed by atoms with Crippen LogP contribution < -0.4 is 5.73 Å². The van der Waals surface area contributed by atoms with E-state index in [-0.39, 0.29) is 5.69 Å². The zero-order valence-electron chi connectivity index (χ0n) is 8.94. The van der Waals surface area contributed by atoms with Crippen LogP contribution in [0.25, 0.3) is 0 Å². The van der Waals surface area contributed by atoms with Gasteiger partial charge in [0.15, 0.2) is 0 Å². The first-order valence-corrected chi connectivity index (χ1v) is 4.75. The van der Waals surface area contributed by atoms with Crippen molar-refractivity contribution in [1.82, 2.24) is 0 Å². The second-order valence-electron chi connectivity index (χ2n) is 3.73. The summed E-state index contributed by atoms with van der Waals surface area (Å²) in [5.41, 5.74) is 6.67. The Balaban J connectivity index is 3.12. The van der Waals surface area contributed by atoms with Crippen LogP contribution >= 0.6 is 0 Å². The third kappa shape index (κ3) is 2.87. The fourth-order valence-corrected chi connectivity index (χ4v) is 1.47. The van der Waals surface area contributed by atoms with Gasteiger partial charge in [-0.2, -0.15) is 0 Å². The molecule has 1 aromatic carbocycles. The minimum absolute atomic E-state index is 0.284. The SMILES string of the molecule is C=C(C)C[C@H](N)c1ccc(F)cc1[N+](=O)[O-]. The smallest absolute Gasteiger partial charge is 0.277 e. The number of nitro groups is 1. The van der Waals surface area contributed by atoms with Crippen LogP contribution in [-0.2, 0) is 0 Å². The van der Waals surface area contributed by atoms with Crippen LogP contribution in [0.3, 0.4) is 0 Å². The summed E-state index contributed by atoms with van der Waals surface area (Å²) in [6.45, 7) is 5.48. The van der Waals surface area contributed by atoms with Crippen molar-refractivity contribution in [3.8, 4) is 0 Å². The molecule has 0 aromatic heterocycles. The number of benzene rings is 1. The molecule has 0 radical (unpaired) electrons. The Morgan fingerprint density at radius 3 is 2.81 bits per heavy atom. The number of halogens is 1. The zero-order valence-corrected chi connectivity index (χ0v) is 8.94. The van der Waals surface area contributed by atoms with Crippen LogP contribution in [0.4, 0.5) is 10.1 Å². The Labute approximate surface area is 92.7 Å². The fraction of sp³-hybridized carbons (Fsp3) is 0.273. The van der Waals surface area contributed by atoms with Crippen LogP contribution in [0.5, 0.6) is 0 Å². The topological polar surface area (TPSA) is 69.2 Å². The van der Waals surface area contributed by atoms with Crippen molar-refractivity contribution in [3.63, 3.8) is 0 Å². The van der Waals surface area contributed by atoms with Crippen LogP contribution in [0.15, 0.2) is 30.4 Å². The van der Waals surface area contributed by atoms with Crippen LogP contribution in [0, 0.1) is 15.9 Å². The first kappa shape index (κ1) is 12.3. The van der Waals surface area contributed by atoms with E-state index in [4.69, 9.17) is 5.73 Å². The molecule has 0 fully saturated rings. The van der Waals surface area contributed by atoms with Crippen molar-refractivity contribution in [3.05, 3.63) is 51.8 Å². The van der Waals surface area contributed by atoms with E-state index in [0.29, 0.717) is 12.0 Å². The first-order valence-electron chi connectivity index (χ1n) is 4.75. The van der Waals surface area contributed by atoms with Gasteiger partial charge in [0.05, 0.1) is 11.0 Å². The molecule has 16 heavy (non-hydrogen) atoms. The first-order chi connectivity index (χ1) is 7.41. The van der Waals surface area contributed by atoms with E-state index in [9.17, 15) is 14.5 Å². The largest absolute Gasteiger partial charge is 0.323 e. The maximum atomic E-state index is 12.9. The lowest BCUT2D eigenvalue weighted by Gasteiger charge is -2.11. The Hall–Kier alpha value is -1.75. The van der Waals surface area contributed by atoms with Crippen molar-refractivity contribution >= 4 is 5.69 Å². The van der Waals surface area contributed by atoms with Gasteiger partial charge < -0.3 is 5.73 Å². The van der Waals surface area contributed by atoms with Gasteiger partial charge in [-0.3, -0.25) is 10.1 Å². The van der Waals surface area contributed by atoms with Crippen LogP contribution in [0.1, 0.15) is 24.9 Å². The number of hydrogen-bond acceptors (Lipinski definition) is 3. The average molecular weight is 224 g/mol. The molecule has 0 aliphatic carbocycles. The molecule has 1 atom stereocenters. The number of rotatable bonds is 4. The minimum Gasteiger partial charge on any atom is -0.323 e. The Kier molecular flexibility index (Phi) is 3.73. The highest BCUT2D eigenvalue weighted by Gasteiger charge is 2.20. The van der Waals surface area contributed by atoms with Crippen molar-refractivity contribution in [2.24, 2.45) is 5.73 Å². The number of nitro benzene ring substituents is 1. The molecule has 2 N–H and O–H groups in total. The minimum atomic E-state index is -0.641. The molecule has 0 unspecified atom stereocenters. The molecule has 0 aliphatic rings.